The van der Waals surface area contributed by atoms with Crippen LogP contribution in [0.2, 0.25) is 0 Å². The van der Waals surface area contributed by atoms with Crippen molar-refractivity contribution in [3.8, 4) is 5.75 Å². The number of anilines is 1. The lowest BCUT2D eigenvalue weighted by atomic mass is 10.00. The maximum absolute atomic E-state index is 5.96. The number of hydrogen-bond donors (Lipinski definition) is 2. The number of hydrogen-bond acceptors (Lipinski definition) is 2. The van der Waals surface area contributed by atoms with Crippen LogP contribution in [0.5, 0.6) is 5.75 Å². The summed E-state index contributed by atoms with van der Waals surface area (Å²) < 4.78 is 5.13. The van der Waals surface area contributed by atoms with Crippen LogP contribution < -0.4 is 15.8 Å². The predicted molar refractivity (Wildman–Crippen MR) is 108 cm³/mol. The fourth-order valence-corrected chi connectivity index (χ4v) is 2.49. The smallest absolute Gasteiger partial charge is 0.193 e. The lowest BCUT2D eigenvalue weighted by molar-refractivity contribution is 0.415. The van der Waals surface area contributed by atoms with E-state index in [1.54, 1.807) is 7.11 Å². The highest BCUT2D eigenvalue weighted by atomic mass is 127. The van der Waals surface area contributed by atoms with E-state index in [2.05, 4.69) is 43.2 Å². The summed E-state index contributed by atoms with van der Waals surface area (Å²) in [7, 11) is 1.64. The van der Waals surface area contributed by atoms with E-state index in [-0.39, 0.29) is 24.0 Å². The fourth-order valence-electron chi connectivity index (χ4n) is 2.49. The zero-order valence-electron chi connectivity index (χ0n) is 14.0. The maximum atomic E-state index is 5.96. The molecule has 0 bridgehead atoms. The molecule has 0 heterocycles. The molecule has 0 saturated carbocycles. The van der Waals surface area contributed by atoms with Gasteiger partial charge in [0.2, 0.25) is 0 Å². The summed E-state index contributed by atoms with van der Waals surface area (Å²) in [6, 6.07) is 11.9. The van der Waals surface area contributed by atoms with Crippen LogP contribution in [0.3, 0.4) is 0 Å². The van der Waals surface area contributed by atoms with Crippen LogP contribution >= 0.6 is 24.0 Å². The maximum Gasteiger partial charge on any atom is 0.193 e. The molecule has 0 amide bonds. The number of aliphatic imine (C=N–C) groups is 1. The standard InChI is InChI=1S/C18H23N3O.HI/c1-12-9-13(2)17(14(3)10-12)11-20-18(19)21-15-5-7-16(22-4)8-6-15;/h5-10H,11H2,1-4H3,(H3,19,20,21);1H. The highest BCUT2D eigenvalue weighted by Gasteiger charge is 2.03. The summed E-state index contributed by atoms with van der Waals surface area (Å²) in [4.78, 5) is 4.44. The van der Waals surface area contributed by atoms with Crippen molar-refractivity contribution in [2.45, 2.75) is 27.3 Å². The number of methoxy groups -OCH3 is 1. The van der Waals surface area contributed by atoms with Crippen LogP contribution in [0.1, 0.15) is 22.3 Å². The van der Waals surface area contributed by atoms with Gasteiger partial charge in [-0.1, -0.05) is 17.7 Å². The molecule has 0 aliphatic carbocycles. The third-order valence-electron chi connectivity index (χ3n) is 3.61. The Balaban J connectivity index is 0.00000264. The number of aryl methyl sites for hydroxylation is 3. The third-order valence-corrected chi connectivity index (χ3v) is 3.61. The Morgan fingerprint density at radius 2 is 1.65 bits per heavy atom. The lowest BCUT2D eigenvalue weighted by Crippen LogP contribution is -2.22. The fraction of sp³-hybridized carbons (Fsp3) is 0.278. The van der Waals surface area contributed by atoms with Gasteiger partial charge >= 0.3 is 0 Å². The van der Waals surface area contributed by atoms with E-state index in [9.17, 15) is 0 Å². The van der Waals surface area contributed by atoms with E-state index in [0.29, 0.717) is 12.5 Å². The molecule has 3 N–H and O–H groups in total. The number of guanidine groups is 1. The first-order chi connectivity index (χ1) is 10.5. The van der Waals surface area contributed by atoms with E-state index >= 15 is 0 Å². The van der Waals surface area contributed by atoms with Gasteiger partial charge in [0.1, 0.15) is 5.75 Å². The van der Waals surface area contributed by atoms with Gasteiger partial charge < -0.3 is 15.8 Å². The van der Waals surface area contributed by atoms with Crippen molar-refractivity contribution in [2.75, 3.05) is 12.4 Å². The Labute approximate surface area is 155 Å². The SMILES string of the molecule is COc1ccc(NC(N)=NCc2c(C)cc(C)cc2C)cc1.I. The molecule has 0 unspecified atom stereocenters. The number of rotatable bonds is 4. The Morgan fingerprint density at radius 1 is 1.09 bits per heavy atom. The van der Waals surface area contributed by atoms with Crippen molar-refractivity contribution >= 4 is 35.6 Å². The van der Waals surface area contributed by atoms with Gasteiger partial charge in [-0.05, 0) is 61.7 Å². The molecule has 0 saturated heterocycles. The van der Waals surface area contributed by atoms with Crippen LogP contribution in [0, 0.1) is 20.8 Å². The van der Waals surface area contributed by atoms with Gasteiger partial charge in [-0.25, -0.2) is 4.99 Å². The molecule has 5 heteroatoms. The molecule has 2 aromatic rings. The highest BCUT2D eigenvalue weighted by Crippen LogP contribution is 2.18. The van der Waals surface area contributed by atoms with Gasteiger partial charge in [-0.2, -0.15) is 0 Å². The van der Waals surface area contributed by atoms with Gasteiger partial charge in [0.05, 0.1) is 13.7 Å². The van der Waals surface area contributed by atoms with Crippen molar-refractivity contribution < 1.29 is 4.74 Å². The molecular formula is C18H24IN3O. The summed E-state index contributed by atoms with van der Waals surface area (Å²) in [6.07, 6.45) is 0. The Bertz CT molecular complexity index is 658. The van der Waals surface area contributed by atoms with Crippen molar-refractivity contribution in [3.05, 3.63) is 58.7 Å². The van der Waals surface area contributed by atoms with Crippen molar-refractivity contribution in [3.63, 3.8) is 0 Å². The average molecular weight is 425 g/mol. The van der Waals surface area contributed by atoms with Gasteiger partial charge in [0.15, 0.2) is 5.96 Å². The second-order valence-corrected chi connectivity index (χ2v) is 5.43. The molecule has 2 aromatic carbocycles. The third kappa shape index (κ3) is 5.42. The molecule has 0 radical (unpaired) electrons. The van der Waals surface area contributed by atoms with Crippen LogP contribution in [-0.2, 0) is 6.54 Å². The largest absolute Gasteiger partial charge is 0.497 e. The first kappa shape index (κ1) is 19.3. The Morgan fingerprint density at radius 3 is 2.17 bits per heavy atom. The molecule has 124 valence electrons. The van der Waals surface area contributed by atoms with Crippen LogP contribution in [0.15, 0.2) is 41.4 Å². The zero-order valence-corrected chi connectivity index (χ0v) is 16.3. The Kier molecular flexibility index (Phi) is 7.35. The number of ether oxygens (including phenoxy) is 1. The second kappa shape index (κ2) is 8.76. The summed E-state index contributed by atoms with van der Waals surface area (Å²) in [5.74, 6) is 1.22. The average Bonchev–Trinajstić information content (AvgIpc) is 2.47. The zero-order chi connectivity index (χ0) is 16.1. The first-order valence-corrected chi connectivity index (χ1v) is 7.27. The van der Waals surface area contributed by atoms with E-state index in [4.69, 9.17) is 10.5 Å². The van der Waals surface area contributed by atoms with E-state index in [1.165, 1.54) is 22.3 Å². The minimum absolute atomic E-state index is 0. The molecule has 0 fully saturated rings. The number of halogens is 1. The van der Waals surface area contributed by atoms with E-state index < -0.39 is 0 Å². The minimum Gasteiger partial charge on any atom is -0.497 e. The van der Waals surface area contributed by atoms with Crippen LogP contribution in [0.4, 0.5) is 5.69 Å². The van der Waals surface area contributed by atoms with Crippen molar-refractivity contribution in [2.24, 2.45) is 10.7 Å². The van der Waals surface area contributed by atoms with E-state index in [0.717, 1.165) is 11.4 Å². The monoisotopic (exact) mass is 425 g/mol. The minimum atomic E-state index is 0. The molecule has 0 spiro atoms. The molecule has 0 aliphatic rings. The molecule has 0 aromatic heterocycles. The topological polar surface area (TPSA) is 59.6 Å². The molecule has 23 heavy (non-hydrogen) atoms. The number of nitrogens with one attached hydrogen (secondary N) is 1. The van der Waals surface area contributed by atoms with Gasteiger partial charge in [0, 0.05) is 5.69 Å². The van der Waals surface area contributed by atoms with Gasteiger partial charge in [0.25, 0.3) is 0 Å². The normalized spacial score (nSPS) is 10.9. The van der Waals surface area contributed by atoms with E-state index in [1.807, 2.05) is 24.3 Å². The molecular weight excluding hydrogens is 401 g/mol. The molecule has 4 nitrogen and oxygen atoms in total. The van der Waals surface area contributed by atoms with Gasteiger partial charge in [-0.15, -0.1) is 24.0 Å². The summed E-state index contributed by atoms with van der Waals surface area (Å²) in [5, 5.41) is 3.09. The van der Waals surface area contributed by atoms with Crippen molar-refractivity contribution in [1.82, 2.24) is 0 Å². The quantitative estimate of drug-likeness (QED) is 0.439. The second-order valence-electron chi connectivity index (χ2n) is 5.43. The molecule has 2 rings (SSSR count). The highest BCUT2D eigenvalue weighted by molar-refractivity contribution is 14.0. The number of nitrogens with zero attached hydrogens (tertiary/aromatic N) is 1. The summed E-state index contributed by atoms with van der Waals surface area (Å²) in [6.45, 7) is 6.90. The Hall–Kier alpha value is -1.76. The van der Waals surface area contributed by atoms with Crippen LogP contribution in [-0.4, -0.2) is 13.1 Å². The molecule has 0 atom stereocenters. The molecule has 0 aliphatic heterocycles. The first-order valence-electron chi connectivity index (χ1n) is 7.27. The predicted octanol–water partition coefficient (Wildman–Crippen LogP) is 4.17. The summed E-state index contributed by atoms with van der Waals surface area (Å²) in [5.41, 5.74) is 11.8. The lowest BCUT2D eigenvalue weighted by Gasteiger charge is -2.10. The number of benzene rings is 2. The van der Waals surface area contributed by atoms with Crippen molar-refractivity contribution in [1.29, 1.82) is 0 Å². The van der Waals surface area contributed by atoms with Gasteiger partial charge in [-0.3, -0.25) is 0 Å². The van der Waals surface area contributed by atoms with Crippen LogP contribution in [0.25, 0.3) is 0 Å². The summed E-state index contributed by atoms with van der Waals surface area (Å²) >= 11 is 0. The number of nitrogens with two attached hydrogens (primary N) is 1.